The molecule has 0 amide bonds. The Balaban J connectivity index is 1.87. The van der Waals surface area contributed by atoms with Crippen LogP contribution in [-0.4, -0.2) is 57.2 Å². The van der Waals surface area contributed by atoms with Crippen LogP contribution in [0.5, 0.6) is 0 Å². The number of hydrogen-bond acceptors (Lipinski definition) is 5. The third-order valence-corrected chi connectivity index (χ3v) is 4.10. The first-order chi connectivity index (χ1) is 10.3. The highest BCUT2D eigenvalue weighted by molar-refractivity contribution is 5.47. The van der Waals surface area contributed by atoms with Crippen molar-refractivity contribution in [3.05, 3.63) is 18.1 Å². The van der Waals surface area contributed by atoms with Gasteiger partial charge < -0.3 is 9.80 Å². The molecule has 2 aromatic rings. The maximum atomic E-state index is 4.53. The van der Waals surface area contributed by atoms with Gasteiger partial charge in [0.05, 0.1) is 0 Å². The second-order valence-electron chi connectivity index (χ2n) is 5.61. The molecule has 6 nitrogen and oxygen atoms in total. The predicted molar refractivity (Wildman–Crippen MR) is 83.7 cm³/mol. The topological polar surface area (TPSA) is 49.6 Å². The Morgan fingerprint density at radius 2 is 2.05 bits per heavy atom. The van der Waals surface area contributed by atoms with Gasteiger partial charge in [0.15, 0.2) is 0 Å². The van der Waals surface area contributed by atoms with Crippen LogP contribution in [-0.2, 0) is 6.42 Å². The fourth-order valence-corrected chi connectivity index (χ4v) is 2.99. The molecule has 6 heteroatoms. The average molecular weight is 288 g/mol. The molecule has 0 N–H and O–H groups in total. The van der Waals surface area contributed by atoms with Crippen molar-refractivity contribution in [2.24, 2.45) is 0 Å². The van der Waals surface area contributed by atoms with Gasteiger partial charge >= 0.3 is 0 Å². The smallest absolute Gasteiger partial charge is 0.254 e. The lowest BCUT2D eigenvalue weighted by Gasteiger charge is -2.24. The van der Waals surface area contributed by atoms with Gasteiger partial charge in [-0.1, -0.05) is 13.8 Å². The summed E-state index contributed by atoms with van der Waals surface area (Å²) in [6.45, 7) is 10.0. The number of aryl methyl sites for hydroxylation is 1. The van der Waals surface area contributed by atoms with Crippen LogP contribution < -0.4 is 4.90 Å². The lowest BCUT2D eigenvalue weighted by Crippen LogP contribution is -2.32. The molecule has 0 unspecified atom stereocenters. The van der Waals surface area contributed by atoms with E-state index in [1.54, 1.807) is 6.33 Å². The highest BCUT2D eigenvalue weighted by Gasteiger charge is 2.18. The Morgan fingerprint density at radius 1 is 1.14 bits per heavy atom. The summed E-state index contributed by atoms with van der Waals surface area (Å²) >= 11 is 0. The van der Waals surface area contributed by atoms with E-state index >= 15 is 0 Å². The van der Waals surface area contributed by atoms with E-state index in [0.29, 0.717) is 5.78 Å². The minimum Gasteiger partial charge on any atom is -0.355 e. The fraction of sp³-hybridized carbons (Fsp3) is 0.667. The molecule has 1 saturated heterocycles. The molecule has 0 saturated carbocycles. The third kappa shape index (κ3) is 3.00. The van der Waals surface area contributed by atoms with E-state index in [2.05, 4.69) is 44.8 Å². The van der Waals surface area contributed by atoms with Crippen LogP contribution in [0.4, 0.5) is 5.82 Å². The normalized spacial score (nSPS) is 17.3. The molecule has 0 spiro atoms. The van der Waals surface area contributed by atoms with Gasteiger partial charge in [0.1, 0.15) is 12.1 Å². The summed E-state index contributed by atoms with van der Waals surface area (Å²) in [4.78, 5) is 13.8. The van der Waals surface area contributed by atoms with Gasteiger partial charge in [-0.15, -0.1) is 0 Å². The molecular weight excluding hydrogens is 264 g/mol. The summed E-state index contributed by atoms with van der Waals surface area (Å²) in [7, 11) is 0. The molecule has 1 aliphatic heterocycles. The van der Waals surface area contributed by atoms with Crippen molar-refractivity contribution < 1.29 is 0 Å². The lowest BCUT2D eigenvalue weighted by molar-refractivity contribution is 0.294. The second kappa shape index (κ2) is 6.39. The monoisotopic (exact) mass is 288 g/mol. The van der Waals surface area contributed by atoms with E-state index in [0.717, 1.165) is 37.6 Å². The van der Waals surface area contributed by atoms with Gasteiger partial charge in [-0.3, -0.25) is 0 Å². The summed E-state index contributed by atoms with van der Waals surface area (Å²) in [6, 6.07) is 2.16. The Bertz CT molecular complexity index is 593. The molecular formula is C15H24N6. The van der Waals surface area contributed by atoms with Gasteiger partial charge in [0, 0.05) is 31.4 Å². The van der Waals surface area contributed by atoms with Crippen molar-refractivity contribution >= 4 is 11.6 Å². The molecule has 0 bridgehead atoms. The molecule has 21 heavy (non-hydrogen) atoms. The largest absolute Gasteiger partial charge is 0.355 e. The van der Waals surface area contributed by atoms with Crippen LogP contribution >= 0.6 is 0 Å². The van der Waals surface area contributed by atoms with Crippen molar-refractivity contribution in [2.75, 3.05) is 37.6 Å². The number of anilines is 1. The van der Waals surface area contributed by atoms with E-state index < -0.39 is 0 Å². The van der Waals surface area contributed by atoms with Gasteiger partial charge in [-0.2, -0.15) is 14.6 Å². The molecule has 0 aromatic carbocycles. The van der Waals surface area contributed by atoms with E-state index in [-0.39, 0.29) is 0 Å². The molecule has 0 aliphatic carbocycles. The van der Waals surface area contributed by atoms with Crippen LogP contribution in [0.15, 0.2) is 12.4 Å². The lowest BCUT2D eigenvalue weighted by atomic mass is 10.3. The molecule has 3 heterocycles. The zero-order valence-electron chi connectivity index (χ0n) is 13.0. The van der Waals surface area contributed by atoms with Gasteiger partial charge in [0.2, 0.25) is 0 Å². The SMILES string of the molecule is CCCN1CCCN(c2cc(CC)nc3ncnn23)CC1. The van der Waals surface area contributed by atoms with Crippen molar-refractivity contribution in [3.8, 4) is 0 Å². The van der Waals surface area contributed by atoms with Crippen LogP contribution in [0, 0.1) is 0 Å². The van der Waals surface area contributed by atoms with Crippen molar-refractivity contribution in [3.63, 3.8) is 0 Å². The molecule has 0 radical (unpaired) electrons. The first kappa shape index (κ1) is 14.3. The first-order valence-corrected chi connectivity index (χ1v) is 7.98. The van der Waals surface area contributed by atoms with E-state index in [9.17, 15) is 0 Å². The molecule has 1 fully saturated rings. The minimum absolute atomic E-state index is 0.707. The average Bonchev–Trinajstić information content (AvgIpc) is 2.86. The number of aromatic nitrogens is 4. The Kier molecular flexibility index (Phi) is 4.34. The number of nitrogens with zero attached hydrogens (tertiary/aromatic N) is 6. The first-order valence-electron chi connectivity index (χ1n) is 7.98. The van der Waals surface area contributed by atoms with Crippen LogP contribution in [0.1, 0.15) is 32.4 Å². The minimum atomic E-state index is 0.707. The highest BCUT2D eigenvalue weighted by Crippen LogP contribution is 2.18. The summed E-state index contributed by atoms with van der Waals surface area (Å²) in [5, 5.41) is 4.34. The molecule has 2 aromatic heterocycles. The number of hydrogen-bond donors (Lipinski definition) is 0. The van der Waals surface area contributed by atoms with Crippen molar-refractivity contribution in [1.29, 1.82) is 0 Å². The molecule has 114 valence electrons. The van der Waals surface area contributed by atoms with Gasteiger partial charge in [0.25, 0.3) is 5.78 Å². The van der Waals surface area contributed by atoms with Crippen LogP contribution in [0.3, 0.4) is 0 Å². The van der Waals surface area contributed by atoms with Crippen LogP contribution in [0.25, 0.3) is 5.78 Å². The summed E-state index contributed by atoms with van der Waals surface area (Å²) in [5.41, 5.74) is 1.08. The fourth-order valence-electron chi connectivity index (χ4n) is 2.99. The van der Waals surface area contributed by atoms with E-state index in [1.165, 1.54) is 25.9 Å². The summed E-state index contributed by atoms with van der Waals surface area (Å²) in [6.07, 6.45) is 4.93. The zero-order chi connectivity index (χ0) is 14.7. The second-order valence-corrected chi connectivity index (χ2v) is 5.61. The maximum Gasteiger partial charge on any atom is 0.254 e. The van der Waals surface area contributed by atoms with E-state index in [1.807, 2.05) is 4.52 Å². The number of rotatable bonds is 4. The quantitative estimate of drug-likeness (QED) is 0.855. The van der Waals surface area contributed by atoms with Crippen LogP contribution in [0.2, 0.25) is 0 Å². The third-order valence-electron chi connectivity index (χ3n) is 4.10. The van der Waals surface area contributed by atoms with Gasteiger partial charge in [-0.05, 0) is 32.4 Å². The Labute approximate surface area is 125 Å². The summed E-state index contributed by atoms with van der Waals surface area (Å²) < 4.78 is 1.87. The maximum absolute atomic E-state index is 4.53. The standard InChI is InChI=1S/C15H24N6/c1-3-6-19-7-5-8-20(10-9-19)14-11-13(4-2)18-15-16-12-17-21(14)15/h11-12H,3-10H2,1-2H3. The Hall–Kier alpha value is -1.69. The van der Waals surface area contributed by atoms with Crippen molar-refractivity contribution in [1.82, 2.24) is 24.5 Å². The predicted octanol–water partition coefficient (Wildman–Crippen LogP) is 1.61. The number of fused-ring (bicyclic) bond motifs is 1. The van der Waals surface area contributed by atoms with Gasteiger partial charge in [-0.25, -0.2) is 4.98 Å². The zero-order valence-corrected chi connectivity index (χ0v) is 13.0. The molecule has 0 atom stereocenters. The summed E-state index contributed by atoms with van der Waals surface area (Å²) in [5.74, 6) is 1.84. The molecule has 1 aliphatic rings. The van der Waals surface area contributed by atoms with E-state index in [4.69, 9.17) is 0 Å². The highest BCUT2D eigenvalue weighted by atomic mass is 15.4. The van der Waals surface area contributed by atoms with Crippen molar-refractivity contribution in [2.45, 2.75) is 33.1 Å². The molecule has 3 rings (SSSR count). The Morgan fingerprint density at radius 3 is 2.86 bits per heavy atom.